The minimum Gasteiger partial charge on any atom is -0.294 e. The molecule has 2 bridgehead atoms. The highest BCUT2D eigenvalue weighted by Gasteiger charge is 2.59. The van der Waals surface area contributed by atoms with Crippen molar-refractivity contribution in [3.05, 3.63) is 35.9 Å². The van der Waals surface area contributed by atoms with Crippen molar-refractivity contribution in [3.8, 4) is 0 Å². The van der Waals surface area contributed by atoms with Gasteiger partial charge in [0.15, 0.2) is 0 Å². The van der Waals surface area contributed by atoms with Gasteiger partial charge in [-0.25, -0.2) is 0 Å². The van der Waals surface area contributed by atoms with Crippen molar-refractivity contribution in [2.75, 3.05) is 6.54 Å². The third-order valence-electron chi connectivity index (χ3n) is 4.27. The fourth-order valence-electron chi connectivity index (χ4n) is 3.24. The Hall–Kier alpha value is -0.820. The SMILES string of the molecule is CCN(Cc1ccccc1)C12CC(C1)C2. The smallest absolute Gasteiger partial charge is 0.0239 e. The fourth-order valence-corrected chi connectivity index (χ4v) is 3.24. The molecule has 1 heteroatoms. The Kier molecular flexibility index (Phi) is 2.10. The molecule has 4 rings (SSSR count). The molecule has 3 aliphatic rings. The van der Waals surface area contributed by atoms with Gasteiger partial charge in [0, 0.05) is 12.1 Å². The van der Waals surface area contributed by atoms with E-state index < -0.39 is 0 Å². The second-order valence-corrected chi connectivity index (χ2v) is 5.20. The normalized spacial score (nSPS) is 32.3. The van der Waals surface area contributed by atoms with Crippen LogP contribution in [0.2, 0.25) is 0 Å². The van der Waals surface area contributed by atoms with E-state index in [1.54, 1.807) is 0 Å². The first-order valence-corrected chi connectivity index (χ1v) is 6.11. The van der Waals surface area contributed by atoms with E-state index in [0.29, 0.717) is 5.54 Å². The summed E-state index contributed by atoms with van der Waals surface area (Å²) in [5, 5.41) is 0. The Bertz CT molecular complexity index is 327. The molecule has 0 saturated heterocycles. The monoisotopic (exact) mass is 201 g/mol. The zero-order valence-electron chi connectivity index (χ0n) is 9.45. The quantitative estimate of drug-likeness (QED) is 0.723. The zero-order chi connectivity index (χ0) is 10.3. The molecule has 3 fully saturated rings. The van der Waals surface area contributed by atoms with Crippen molar-refractivity contribution in [1.82, 2.24) is 4.90 Å². The Labute approximate surface area is 92.1 Å². The first-order chi connectivity index (χ1) is 7.32. The molecule has 1 aromatic rings. The maximum absolute atomic E-state index is 2.68. The molecule has 0 aliphatic heterocycles. The van der Waals surface area contributed by atoms with Crippen molar-refractivity contribution in [1.29, 1.82) is 0 Å². The zero-order valence-corrected chi connectivity index (χ0v) is 9.45. The standard InChI is InChI=1S/C14H19N/c1-2-15(14-8-13(9-14)10-14)11-12-6-4-3-5-7-12/h3-7,13H,2,8-11H2,1H3. The van der Waals surface area contributed by atoms with Crippen LogP contribution in [0.5, 0.6) is 0 Å². The lowest BCUT2D eigenvalue weighted by atomic mass is 9.49. The molecule has 15 heavy (non-hydrogen) atoms. The highest BCUT2D eigenvalue weighted by atomic mass is 15.2. The number of nitrogens with zero attached hydrogens (tertiary/aromatic N) is 1. The molecule has 1 nitrogen and oxygen atoms in total. The van der Waals surface area contributed by atoms with Gasteiger partial charge in [-0.05, 0) is 37.3 Å². The summed E-state index contributed by atoms with van der Waals surface area (Å²) in [6.07, 6.45) is 4.40. The van der Waals surface area contributed by atoms with Gasteiger partial charge in [-0.2, -0.15) is 0 Å². The van der Waals surface area contributed by atoms with Crippen molar-refractivity contribution < 1.29 is 0 Å². The lowest BCUT2D eigenvalue weighted by molar-refractivity contribution is -0.146. The van der Waals surface area contributed by atoms with Crippen molar-refractivity contribution in [3.63, 3.8) is 0 Å². The van der Waals surface area contributed by atoms with E-state index in [2.05, 4.69) is 42.2 Å². The summed E-state index contributed by atoms with van der Waals surface area (Å²) in [4.78, 5) is 2.68. The molecule has 0 amide bonds. The third-order valence-corrected chi connectivity index (χ3v) is 4.27. The molecule has 0 N–H and O–H groups in total. The van der Waals surface area contributed by atoms with Crippen molar-refractivity contribution in [2.24, 2.45) is 5.92 Å². The molecule has 3 saturated carbocycles. The van der Waals surface area contributed by atoms with E-state index in [1.165, 1.54) is 31.4 Å². The summed E-state index contributed by atoms with van der Waals surface area (Å²) < 4.78 is 0. The Morgan fingerprint density at radius 2 is 1.87 bits per heavy atom. The van der Waals surface area contributed by atoms with E-state index in [4.69, 9.17) is 0 Å². The van der Waals surface area contributed by atoms with Crippen LogP contribution in [0, 0.1) is 5.92 Å². The molecule has 3 aliphatic carbocycles. The summed E-state index contributed by atoms with van der Waals surface area (Å²) in [5.74, 6) is 1.08. The van der Waals surface area contributed by atoms with Crippen molar-refractivity contribution >= 4 is 0 Å². The van der Waals surface area contributed by atoms with Crippen LogP contribution in [0.25, 0.3) is 0 Å². The minimum absolute atomic E-state index is 0.620. The molecular weight excluding hydrogens is 182 g/mol. The van der Waals surface area contributed by atoms with Crippen LogP contribution < -0.4 is 0 Å². The first kappa shape index (κ1) is 9.41. The molecule has 0 atom stereocenters. The summed E-state index contributed by atoms with van der Waals surface area (Å²) in [6.45, 7) is 4.63. The van der Waals surface area contributed by atoms with Gasteiger partial charge < -0.3 is 0 Å². The molecule has 0 spiro atoms. The highest BCUT2D eigenvalue weighted by Crippen LogP contribution is 2.60. The molecule has 0 aromatic heterocycles. The van der Waals surface area contributed by atoms with Crippen LogP contribution in [-0.2, 0) is 6.54 Å². The van der Waals surface area contributed by atoms with Crippen LogP contribution in [0.4, 0.5) is 0 Å². The first-order valence-electron chi connectivity index (χ1n) is 6.11. The van der Waals surface area contributed by atoms with Gasteiger partial charge in [0.1, 0.15) is 0 Å². The molecule has 0 heterocycles. The van der Waals surface area contributed by atoms with Gasteiger partial charge >= 0.3 is 0 Å². The Balaban J connectivity index is 1.70. The van der Waals surface area contributed by atoms with E-state index in [9.17, 15) is 0 Å². The predicted molar refractivity (Wildman–Crippen MR) is 62.6 cm³/mol. The van der Waals surface area contributed by atoms with E-state index in [1.807, 2.05) is 0 Å². The molecular formula is C14H19N. The average molecular weight is 201 g/mol. The van der Waals surface area contributed by atoms with Crippen molar-refractivity contribution in [2.45, 2.75) is 38.3 Å². The maximum atomic E-state index is 2.68. The second-order valence-electron chi connectivity index (χ2n) is 5.20. The van der Waals surface area contributed by atoms with Gasteiger partial charge in [-0.3, -0.25) is 4.90 Å². The lowest BCUT2D eigenvalue weighted by Crippen LogP contribution is -2.67. The average Bonchev–Trinajstić information content (AvgIpc) is 2.13. The van der Waals surface area contributed by atoms with Gasteiger partial charge in [0.2, 0.25) is 0 Å². The summed E-state index contributed by atoms with van der Waals surface area (Å²) >= 11 is 0. The number of hydrogen-bond donors (Lipinski definition) is 0. The number of benzene rings is 1. The van der Waals surface area contributed by atoms with Gasteiger partial charge in [-0.15, -0.1) is 0 Å². The second kappa shape index (κ2) is 3.34. The van der Waals surface area contributed by atoms with E-state index in [0.717, 1.165) is 12.5 Å². The largest absolute Gasteiger partial charge is 0.294 e. The van der Waals surface area contributed by atoms with Gasteiger partial charge in [-0.1, -0.05) is 37.3 Å². The van der Waals surface area contributed by atoms with Crippen LogP contribution in [0.1, 0.15) is 31.7 Å². The van der Waals surface area contributed by atoms with Gasteiger partial charge in [0.25, 0.3) is 0 Å². The van der Waals surface area contributed by atoms with Crippen LogP contribution >= 0.6 is 0 Å². The van der Waals surface area contributed by atoms with Crippen LogP contribution in [0.15, 0.2) is 30.3 Å². The number of rotatable bonds is 4. The van der Waals surface area contributed by atoms with Crippen LogP contribution in [0.3, 0.4) is 0 Å². The molecule has 0 radical (unpaired) electrons. The molecule has 1 aromatic carbocycles. The fraction of sp³-hybridized carbons (Fsp3) is 0.571. The maximum Gasteiger partial charge on any atom is 0.0239 e. The van der Waals surface area contributed by atoms with E-state index >= 15 is 0 Å². The third kappa shape index (κ3) is 1.41. The topological polar surface area (TPSA) is 3.24 Å². The molecule has 80 valence electrons. The Morgan fingerprint density at radius 3 is 2.33 bits per heavy atom. The molecule has 0 unspecified atom stereocenters. The summed E-state index contributed by atoms with van der Waals surface area (Å²) in [7, 11) is 0. The minimum atomic E-state index is 0.620. The summed E-state index contributed by atoms with van der Waals surface area (Å²) in [5.41, 5.74) is 2.08. The Morgan fingerprint density at radius 1 is 1.20 bits per heavy atom. The summed E-state index contributed by atoms with van der Waals surface area (Å²) in [6, 6.07) is 10.9. The van der Waals surface area contributed by atoms with E-state index in [-0.39, 0.29) is 0 Å². The highest BCUT2D eigenvalue weighted by molar-refractivity contribution is 5.19. The predicted octanol–water partition coefficient (Wildman–Crippen LogP) is 3.06. The lowest BCUT2D eigenvalue weighted by Gasteiger charge is -2.66. The van der Waals surface area contributed by atoms with Crippen LogP contribution in [-0.4, -0.2) is 17.0 Å². The van der Waals surface area contributed by atoms with Gasteiger partial charge in [0.05, 0.1) is 0 Å². The number of hydrogen-bond acceptors (Lipinski definition) is 1.